The van der Waals surface area contributed by atoms with Gasteiger partial charge in [0.1, 0.15) is 5.82 Å². The van der Waals surface area contributed by atoms with Gasteiger partial charge in [0, 0.05) is 29.4 Å². The van der Waals surface area contributed by atoms with Crippen LogP contribution in [0.1, 0.15) is 13.3 Å². The van der Waals surface area contributed by atoms with Gasteiger partial charge < -0.3 is 10.0 Å². The third-order valence-electron chi connectivity index (χ3n) is 2.64. The summed E-state index contributed by atoms with van der Waals surface area (Å²) in [4.78, 5) is 17.0. The van der Waals surface area contributed by atoms with Crippen LogP contribution < -0.4 is 4.90 Å². The summed E-state index contributed by atoms with van der Waals surface area (Å²) in [6, 6.07) is 4.01. The monoisotopic (exact) mass is 250 g/mol. The molecule has 0 saturated heterocycles. The second kappa shape index (κ2) is 5.14. The molecule has 0 spiro atoms. The second-order valence-corrected chi connectivity index (χ2v) is 4.64. The lowest BCUT2D eigenvalue weighted by molar-refractivity contribution is -0.136. The zero-order chi connectivity index (χ0) is 12.3. The van der Waals surface area contributed by atoms with Crippen molar-refractivity contribution >= 4 is 33.2 Å². The number of thiophene rings is 1. The van der Waals surface area contributed by atoms with Crippen molar-refractivity contribution in [3.8, 4) is 0 Å². The van der Waals surface area contributed by atoms with E-state index >= 15 is 0 Å². The van der Waals surface area contributed by atoms with Crippen LogP contribution in [0.2, 0.25) is 0 Å². The van der Waals surface area contributed by atoms with Gasteiger partial charge in [-0.05, 0) is 24.4 Å². The Balaban J connectivity index is 2.29. The van der Waals surface area contributed by atoms with Crippen molar-refractivity contribution < 1.29 is 9.90 Å². The number of carbonyl (C=O) groups is 1. The lowest BCUT2D eigenvalue weighted by Crippen LogP contribution is -2.26. The summed E-state index contributed by atoms with van der Waals surface area (Å²) < 4.78 is 1.18. The van der Waals surface area contributed by atoms with Crippen molar-refractivity contribution in [1.29, 1.82) is 0 Å². The van der Waals surface area contributed by atoms with Crippen LogP contribution in [0.15, 0.2) is 23.7 Å². The Kier molecular flexibility index (Phi) is 3.58. The standard InChI is InChI=1S/C12H14N2O2S/c1-2-14(7-4-11(15)16)12-9-5-8-17-10(9)3-6-13-12/h3,5-6,8H,2,4,7H2,1H3,(H,15,16). The number of pyridine rings is 1. The molecule has 4 nitrogen and oxygen atoms in total. The summed E-state index contributed by atoms with van der Waals surface area (Å²) in [5, 5.41) is 11.9. The average molecular weight is 250 g/mol. The zero-order valence-corrected chi connectivity index (χ0v) is 10.4. The van der Waals surface area contributed by atoms with E-state index in [4.69, 9.17) is 5.11 Å². The number of aliphatic carboxylic acids is 1. The van der Waals surface area contributed by atoms with Crippen LogP contribution in [-0.2, 0) is 4.79 Å². The SMILES string of the molecule is CCN(CCC(=O)O)c1nccc2sccc12. The van der Waals surface area contributed by atoms with Gasteiger partial charge >= 0.3 is 5.97 Å². The van der Waals surface area contributed by atoms with Crippen molar-refractivity contribution in [2.24, 2.45) is 0 Å². The highest BCUT2D eigenvalue weighted by atomic mass is 32.1. The van der Waals surface area contributed by atoms with Crippen molar-refractivity contribution in [2.75, 3.05) is 18.0 Å². The molecule has 0 atom stereocenters. The van der Waals surface area contributed by atoms with Gasteiger partial charge in [-0.3, -0.25) is 4.79 Å². The number of hydrogen-bond donors (Lipinski definition) is 1. The minimum absolute atomic E-state index is 0.135. The average Bonchev–Trinajstić information content (AvgIpc) is 2.78. The number of nitrogens with zero attached hydrogens (tertiary/aromatic N) is 2. The minimum atomic E-state index is -0.777. The summed E-state index contributed by atoms with van der Waals surface area (Å²) in [5.74, 6) is 0.105. The van der Waals surface area contributed by atoms with Crippen molar-refractivity contribution in [3.05, 3.63) is 23.7 Å². The highest BCUT2D eigenvalue weighted by molar-refractivity contribution is 7.17. The fraction of sp³-hybridized carbons (Fsp3) is 0.333. The van der Waals surface area contributed by atoms with Gasteiger partial charge in [-0.2, -0.15) is 0 Å². The Morgan fingerprint density at radius 2 is 2.35 bits per heavy atom. The number of fused-ring (bicyclic) bond motifs is 1. The number of rotatable bonds is 5. The number of carboxylic acid groups (broad SMARTS) is 1. The molecule has 2 heterocycles. The molecule has 2 rings (SSSR count). The van der Waals surface area contributed by atoms with Gasteiger partial charge in [-0.15, -0.1) is 11.3 Å². The molecule has 2 aromatic rings. The number of carboxylic acids is 1. The van der Waals surface area contributed by atoms with Crippen molar-refractivity contribution in [2.45, 2.75) is 13.3 Å². The van der Waals surface area contributed by atoms with Crippen molar-refractivity contribution in [1.82, 2.24) is 4.98 Å². The van der Waals surface area contributed by atoms with E-state index in [1.54, 1.807) is 17.5 Å². The largest absolute Gasteiger partial charge is 0.481 e. The van der Waals surface area contributed by atoms with Gasteiger partial charge in [-0.25, -0.2) is 4.98 Å². The Labute approximate surface area is 104 Å². The Morgan fingerprint density at radius 3 is 3.06 bits per heavy atom. The molecule has 90 valence electrons. The summed E-state index contributed by atoms with van der Waals surface area (Å²) >= 11 is 1.67. The molecule has 1 N–H and O–H groups in total. The minimum Gasteiger partial charge on any atom is -0.481 e. The molecule has 0 fully saturated rings. The van der Waals surface area contributed by atoms with Crippen LogP contribution in [-0.4, -0.2) is 29.1 Å². The molecule has 0 saturated carbocycles. The van der Waals surface area contributed by atoms with Crippen molar-refractivity contribution in [3.63, 3.8) is 0 Å². The molecule has 0 unspecified atom stereocenters. The Bertz CT molecular complexity index is 524. The molecular formula is C12H14N2O2S. The van der Waals surface area contributed by atoms with Gasteiger partial charge in [0.05, 0.1) is 6.42 Å². The summed E-state index contributed by atoms with van der Waals surface area (Å²) in [6.07, 6.45) is 1.91. The summed E-state index contributed by atoms with van der Waals surface area (Å²) in [7, 11) is 0. The molecule has 5 heteroatoms. The normalized spacial score (nSPS) is 10.6. The van der Waals surface area contributed by atoms with Crippen LogP contribution >= 0.6 is 11.3 Å². The second-order valence-electron chi connectivity index (χ2n) is 3.69. The molecule has 0 aliphatic carbocycles. The van der Waals surface area contributed by atoms with Gasteiger partial charge in [0.25, 0.3) is 0 Å². The highest BCUT2D eigenvalue weighted by Crippen LogP contribution is 2.28. The molecule has 0 amide bonds. The fourth-order valence-electron chi connectivity index (χ4n) is 1.78. The molecule has 2 aromatic heterocycles. The quantitative estimate of drug-likeness (QED) is 0.886. The number of aromatic nitrogens is 1. The number of hydrogen-bond acceptors (Lipinski definition) is 4. The van der Waals surface area contributed by atoms with E-state index < -0.39 is 5.97 Å². The maximum Gasteiger partial charge on any atom is 0.305 e. The summed E-state index contributed by atoms with van der Waals surface area (Å²) in [6.45, 7) is 3.26. The fourth-order valence-corrected chi connectivity index (χ4v) is 2.55. The van der Waals surface area contributed by atoms with E-state index in [0.717, 1.165) is 17.7 Å². The third kappa shape index (κ3) is 2.55. The first-order valence-corrected chi connectivity index (χ1v) is 6.39. The van der Waals surface area contributed by atoms with E-state index in [1.807, 2.05) is 29.3 Å². The number of anilines is 1. The van der Waals surface area contributed by atoms with Crippen LogP contribution in [0.4, 0.5) is 5.82 Å². The third-order valence-corrected chi connectivity index (χ3v) is 3.52. The molecule has 0 radical (unpaired) electrons. The van der Waals surface area contributed by atoms with Gasteiger partial charge in [0.15, 0.2) is 0 Å². The maximum atomic E-state index is 10.6. The molecular weight excluding hydrogens is 236 g/mol. The van der Waals surface area contributed by atoms with E-state index in [2.05, 4.69) is 4.98 Å². The first-order valence-electron chi connectivity index (χ1n) is 5.51. The Hall–Kier alpha value is -1.62. The highest BCUT2D eigenvalue weighted by Gasteiger charge is 2.11. The van der Waals surface area contributed by atoms with Crippen LogP contribution in [0.5, 0.6) is 0 Å². The first-order chi connectivity index (χ1) is 8.22. The van der Waals surface area contributed by atoms with E-state index in [0.29, 0.717) is 6.54 Å². The predicted octanol–water partition coefficient (Wildman–Crippen LogP) is 2.60. The molecule has 0 aliphatic heterocycles. The van der Waals surface area contributed by atoms with Crippen LogP contribution in [0.3, 0.4) is 0 Å². The molecule has 17 heavy (non-hydrogen) atoms. The van der Waals surface area contributed by atoms with Gasteiger partial charge in [0.2, 0.25) is 0 Å². The lowest BCUT2D eigenvalue weighted by Gasteiger charge is -2.21. The molecule has 0 aromatic carbocycles. The lowest BCUT2D eigenvalue weighted by atomic mass is 10.3. The van der Waals surface area contributed by atoms with E-state index in [9.17, 15) is 4.79 Å². The van der Waals surface area contributed by atoms with Gasteiger partial charge in [-0.1, -0.05) is 0 Å². The predicted molar refractivity (Wildman–Crippen MR) is 69.8 cm³/mol. The van der Waals surface area contributed by atoms with Crippen LogP contribution in [0, 0.1) is 0 Å². The smallest absolute Gasteiger partial charge is 0.305 e. The molecule has 0 aliphatic rings. The van der Waals surface area contributed by atoms with Crippen LogP contribution in [0.25, 0.3) is 10.1 Å². The first kappa shape index (κ1) is 11.9. The zero-order valence-electron chi connectivity index (χ0n) is 9.59. The summed E-state index contributed by atoms with van der Waals surface area (Å²) in [5.41, 5.74) is 0. The topological polar surface area (TPSA) is 53.4 Å². The van der Waals surface area contributed by atoms with E-state index in [-0.39, 0.29) is 6.42 Å². The maximum absolute atomic E-state index is 10.6. The van der Waals surface area contributed by atoms with E-state index in [1.165, 1.54) is 4.70 Å². The Morgan fingerprint density at radius 1 is 1.53 bits per heavy atom. The molecule has 0 bridgehead atoms.